The molecule has 0 N–H and O–H groups in total. The molecule has 0 aliphatic carbocycles. The van der Waals surface area contributed by atoms with Gasteiger partial charge in [0.25, 0.3) is 0 Å². The number of hydrogen-bond donors (Lipinski definition) is 0. The molecule has 15 heavy (non-hydrogen) atoms. The molecule has 1 aliphatic rings. The molecular formula is C11H22N2O2. The summed E-state index contributed by atoms with van der Waals surface area (Å²) in [6, 6.07) is 0.303. The number of likely N-dealkylation sites (N-methyl/N-ethyl adjacent to an activating group) is 1. The first kappa shape index (κ1) is 12.5. The van der Waals surface area contributed by atoms with E-state index < -0.39 is 0 Å². The zero-order valence-electron chi connectivity index (χ0n) is 10.2. The summed E-state index contributed by atoms with van der Waals surface area (Å²) in [5.74, 6) is -0.103. The molecule has 0 bridgehead atoms. The Hall–Kier alpha value is -0.610. The first-order valence-electron chi connectivity index (χ1n) is 5.67. The number of rotatable bonds is 3. The predicted octanol–water partition coefficient (Wildman–Crippen LogP) is 0.574. The van der Waals surface area contributed by atoms with Gasteiger partial charge >= 0.3 is 5.97 Å². The van der Waals surface area contributed by atoms with Gasteiger partial charge in [-0.25, -0.2) is 0 Å². The Morgan fingerprint density at radius 2 is 2.20 bits per heavy atom. The van der Waals surface area contributed by atoms with Crippen molar-refractivity contribution in [2.45, 2.75) is 32.9 Å². The van der Waals surface area contributed by atoms with Crippen LogP contribution in [0.25, 0.3) is 0 Å². The van der Waals surface area contributed by atoms with Crippen molar-refractivity contribution in [3.8, 4) is 0 Å². The van der Waals surface area contributed by atoms with Gasteiger partial charge in [0.15, 0.2) is 0 Å². The average Bonchev–Trinajstić information content (AvgIpc) is 2.17. The average molecular weight is 214 g/mol. The summed E-state index contributed by atoms with van der Waals surface area (Å²) in [6.45, 7) is 9.38. The standard InChI is InChI=1S/C11H22N2O2/c1-5-15-11(14)10(3)13-7-6-12(4)8-9(13)2/h9-10H,5-8H2,1-4H3. The quantitative estimate of drug-likeness (QED) is 0.643. The predicted molar refractivity (Wildman–Crippen MR) is 59.8 cm³/mol. The van der Waals surface area contributed by atoms with Gasteiger partial charge in [-0.05, 0) is 27.8 Å². The maximum atomic E-state index is 11.6. The third-order valence-corrected chi connectivity index (χ3v) is 3.01. The largest absolute Gasteiger partial charge is 0.465 e. The highest BCUT2D eigenvalue weighted by molar-refractivity contribution is 5.75. The van der Waals surface area contributed by atoms with Crippen LogP contribution in [0.4, 0.5) is 0 Å². The van der Waals surface area contributed by atoms with Crippen LogP contribution in [0.5, 0.6) is 0 Å². The van der Waals surface area contributed by atoms with Gasteiger partial charge in [-0.15, -0.1) is 0 Å². The highest BCUT2D eigenvalue weighted by Gasteiger charge is 2.29. The minimum Gasteiger partial charge on any atom is -0.465 e. The van der Waals surface area contributed by atoms with E-state index in [2.05, 4.69) is 23.8 Å². The molecule has 2 unspecified atom stereocenters. The summed E-state index contributed by atoms with van der Waals surface area (Å²) >= 11 is 0. The van der Waals surface area contributed by atoms with Crippen molar-refractivity contribution in [1.29, 1.82) is 0 Å². The minimum atomic E-state index is -0.117. The topological polar surface area (TPSA) is 32.8 Å². The second-order valence-corrected chi connectivity index (χ2v) is 4.28. The monoisotopic (exact) mass is 214 g/mol. The SMILES string of the molecule is CCOC(=O)C(C)N1CCN(C)CC1C. The first-order valence-corrected chi connectivity index (χ1v) is 5.67. The molecule has 4 nitrogen and oxygen atoms in total. The smallest absolute Gasteiger partial charge is 0.323 e. The lowest BCUT2D eigenvalue weighted by Crippen LogP contribution is -2.55. The number of piperazine rings is 1. The molecule has 1 saturated heterocycles. The van der Waals surface area contributed by atoms with Crippen molar-refractivity contribution < 1.29 is 9.53 Å². The van der Waals surface area contributed by atoms with Crippen molar-refractivity contribution in [2.75, 3.05) is 33.3 Å². The Morgan fingerprint density at radius 1 is 1.53 bits per heavy atom. The van der Waals surface area contributed by atoms with Crippen LogP contribution in [0.1, 0.15) is 20.8 Å². The molecule has 0 radical (unpaired) electrons. The number of esters is 1. The van der Waals surface area contributed by atoms with E-state index in [1.807, 2.05) is 13.8 Å². The Bertz CT molecular complexity index is 221. The summed E-state index contributed by atoms with van der Waals surface area (Å²) in [6.07, 6.45) is 0. The summed E-state index contributed by atoms with van der Waals surface area (Å²) in [7, 11) is 2.11. The molecule has 88 valence electrons. The van der Waals surface area contributed by atoms with E-state index in [9.17, 15) is 4.79 Å². The zero-order valence-corrected chi connectivity index (χ0v) is 10.2. The molecule has 0 aromatic rings. The molecular weight excluding hydrogens is 192 g/mol. The number of nitrogens with zero attached hydrogens (tertiary/aromatic N) is 2. The minimum absolute atomic E-state index is 0.103. The van der Waals surface area contributed by atoms with Crippen LogP contribution in [0, 0.1) is 0 Å². The molecule has 0 saturated carbocycles. The lowest BCUT2D eigenvalue weighted by molar-refractivity contribution is -0.150. The molecule has 0 aromatic heterocycles. The third-order valence-electron chi connectivity index (χ3n) is 3.01. The van der Waals surface area contributed by atoms with Crippen LogP contribution >= 0.6 is 0 Å². The second kappa shape index (κ2) is 5.47. The molecule has 1 heterocycles. The lowest BCUT2D eigenvalue weighted by Gasteiger charge is -2.40. The van der Waals surface area contributed by atoms with Gasteiger partial charge in [0, 0.05) is 25.7 Å². The van der Waals surface area contributed by atoms with Crippen molar-refractivity contribution in [2.24, 2.45) is 0 Å². The van der Waals surface area contributed by atoms with E-state index in [-0.39, 0.29) is 12.0 Å². The van der Waals surface area contributed by atoms with Crippen molar-refractivity contribution in [3.05, 3.63) is 0 Å². The Balaban J connectivity index is 2.51. The summed E-state index contributed by atoms with van der Waals surface area (Å²) in [5.41, 5.74) is 0. The molecule has 4 heteroatoms. The van der Waals surface area contributed by atoms with Crippen LogP contribution in [0.15, 0.2) is 0 Å². The lowest BCUT2D eigenvalue weighted by atomic mass is 10.1. The van der Waals surface area contributed by atoms with Gasteiger partial charge in [0.2, 0.25) is 0 Å². The number of carbonyl (C=O) groups is 1. The molecule has 1 fully saturated rings. The fourth-order valence-electron chi connectivity index (χ4n) is 2.13. The van der Waals surface area contributed by atoms with E-state index in [1.165, 1.54) is 0 Å². The van der Waals surface area contributed by atoms with Gasteiger partial charge in [-0.3, -0.25) is 9.69 Å². The van der Waals surface area contributed by atoms with Gasteiger partial charge in [-0.1, -0.05) is 0 Å². The van der Waals surface area contributed by atoms with Crippen molar-refractivity contribution in [3.63, 3.8) is 0 Å². The Labute approximate surface area is 92.2 Å². The van der Waals surface area contributed by atoms with Crippen LogP contribution in [-0.2, 0) is 9.53 Å². The van der Waals surface area contributed by atoms with Crippen LogP contribution in [0.3, 0.4) is 0 Å². The van der Waals surface area contributed by atoms with Crippen molar-refractivity contribution in [1.82, 2.24) is 9.80 Å². The molecule has 1 rings (SSSR count). The van der Waals surface area contributed by atoms with Crippen molar-refractivity contribution >= 4 is 5.97 Å². The number of ether oxygens (including phenoxy) is 1. The molecule has 0 aromatic carbocycles. The van der Waals surface area contributed by atoms with Crippen LogP contribution in [0.2, 0.25) is 0 Å². The van der Waals surface area contributed by atoms with Gasteiger partial charge in [0.05, 0.1) is 6.61 Å². The normalized spacial score (nSPS) is 26.3. The van der Waals surface area contributed by atoms with E-state index >= 15 is 0 Å². The van der Waals surface area contributed by atoms with Crippen LogP contribution in [-0.4, -0.2) is 61.1 Å². The highest BCUT2D eigenvalue weighted by Crippen LogP contribution is 2.12. The number of hydrogen-bond acceptors (Lipinski definition) is 4. The molecule has 2 atom stereocenters. The fourth-order valence-corrected chi connectivity index (χ4v) is 2.13. The third kappa shape index (κ3) is 3.18. The van der Waals surface area contributed by atoms with E-state index in [1.54, 1.807) is 0 Å². The summed E-state index contributed by atoms with van der Waals surface area (Å²) in [5, 5.41) is 0. The second-order valence-electron chi connectivity index (χ2n) is 4.28. The molecule has 0 spiro atoms. The maximum absolute atomic E-state index is 11.6. The molecule has 0 amide bonds. The Kier molecular flexibility index (Phi) is 4.54. The maximum Gasteiger partial charge on any atom is 0.323 e. The summed E-state index contributed by atoms with van der Waals surface area (Å²) < 4.78 is 5.04. The van der Waals surface area contributed by atoms with Crippen LogP contribution < -0.4 is 0 Å². The van der Waals surface area contributed by atoms with E-state index in [4.69, 9.17) is 4.74 Å². The van der Waals surface area contributed by atoms with E-state index in [0.29, 0.717) is 12.6 Å². The Morgan fingerprint density at radius 3 is 2.73 bits per heavy atom. The first-order chi connectivity index (χ1) is 7.06. The summed E-state index contributed by atoms with van der Waals surface area (Å²) in [4.78, 5) is 16.1. The highest BCUT2D eigenvalue weighted by atomic mass is 16.5. The zero-order chi connectivity index (χ0) is 11.4. The molecule has 1 aliphatic heterocycles. The van der Waals surface area contributed by atoms with Gasteiger partial charge in [0.1, 0.15) is 6.04 Å². The van der Waals surface area contributed by atoms with E-state index in [0.717, 1.165) is 19.6 Å². The number of carbonyl (C=O) groups excluding carboxylic acids is 1. The van der Waals surface area contributed by atoms with Gasteiger partial charge < -0.3 is 9.64 Å². The fraction of sp³-hybridized carbons (Fsp3) is 0.909. The van der Waals surface area contributed by atoms with Gasteiger partial charge in [-0.2, -0.15) is 0 Å².